The number of amides is 1. The zero-order valence-electron chi connectivity index (χ0n) is 12.6. The first kappa shape index (κ1) is 15.9. The summed E-state index contributed by atoms with van der Waals surface area (Å²) in [6.45, 7) is 0. The molecule has 122 valence electrons. The average molecular weight is 343 g/mol. The number of hydrogen-bond acceptors (Lipinski definition) is 4. The van der Waals surface area contributed by atoms with E-state index in [-0.39, 0.29) is 16.2 Å². The zero-order chi connectivity index (χ0) is 17.3. The Balaban J connectivity index is 1.89. The monoisotopic (exact) mass is 343 g/mol. The molecule has 2 aromatic carbocycles. The van der Waals surface area contributed by atoms with E-state index in [1.54, 1.807) is 30.3 Å². The molecule has 1 amide bonds. The lowest BCUT2D eigenvalue weighted by atomic mass is 10.1. The quantitative estimate of drug-likeness (QED) is 0.890. The van der Waals surface area contributed by atoms with Gasteiger partial charge in [-0.05, 0) is 42.0 Å². The maximum atomic E-state index is 12.5. The van der Waals surface area contributed by atoms with Crippen LogP contribution in [-0.4, -0.2) is 28.3 Å². The summed E-state index contributed by atoms with van der Waals surface area (Å²) in [7, 11) is -0.0992. The van der Waals surface area contributed by atoms with Crippen LogP contribution in [0.4, 0.5) is 5.69 Å². The zero-order valence-corrected chi connectivity index (χ0v) is 13.4. The van der Waals surface area contributed by atoms with E-state index in [4.69, 9.17) is 9.84 Å². The summed E-state index contributed by atoms with van der Waals surface area (Å²) < 4.78 is 17.6. The maximum Gasteiger partial charge on any atom is 0.337 e. The molecule has 2 aromatic rings. The van der Waals surface area contributed by atoms with Crippen molar-refractivity contribution in [1.82, 2.24) is 0 Å². The Morgan fingerprint density at radius 2 is 1.92 bits per heavy atom. The second-order valence-electron chi connectivity index (χ2n) is 4.99. The van der Waals surface area contributed by atoms with Crippen LogP contribution in [-0.2, 0) is 15.6 Å². The van der Waals surface area contributed by atoms with Gasteiger partial charge in [-0.3, -0.25) is 4.79 Å². The summed E-state index contributed by atoms with van der Waals surface area (Å²) in [5.74, 6) is -1.16. The number of carbonyl (C=O) groups is 2. The van der Waals surface area contributed by atoms with Crippen molar-refractivity contribution < 1.29 is 23.6 Å². The fourth-order valence-corrected chi connectivity index (χ4v) is 3.57. The first-order valence-electron chi connectivity index (χ1n) is 6.96. The van der Waals surface area contributed by atoms with Gasteiger partial charge in [-0.2, -0.15) is 0 Å². The molecule has 24 heavy (non-hydrogen) atoms. The molecule has 1 aliphatic heterocycles. The number of hydrogen-bond donors (Lipinski definition) is 2. The third-order valence-corrected chi connectivity index (χ3v) is 5.01. The molecule has 1 aliphatic rings. The standard InChI is InChI=1S/C17H13NO5S/c1-23-11-6-7-14-10(8-11)9-15(24(14)22)16(19)18-13-5-3-2-4-12(13)17(20)21/h2-9H,1H3,(H,18,19)(H,20,21). The van der Waals surface area contributed by atoms with Gasteiger partial charge >= 0.3 is 5.97 Å². The third-order valence-electron chi connectivity index (χ3n) is 3.53. The molecule has 1 unspecified atom stereocenters. The normalized spacial score (nSPS) is 15.4. The van der Waals surface area contributed by atoms with E-state index in [2.05, 4.69) is 5.32 Å². The number of rotatable bonds is 4. The van der Waals surface area contributed by atoms with Crippen LogP contribution >= 0.6 is 0 Å². The number of aromatic carboxylic acids is 1. The van der Waals surface area contributed by atoms with Crippen molar-refractivity contribution in [3.63, 3.8) is 0 Å². The van der Waals surface area contributed by atoms with Crippen LogP contribution in [0.15, 0.2) is 52.3 Å². The van der Waals surface area contributed by atoms with Crippen molar-refractivity contribution in [3.05, 3.63) is 58.5 Å². The fourth-order valence-electron chi connectivity index (χ4n) is 2.36. The molecule has 0 aromatic heterocycles. The maximum absolute atomic E-state index is 12.5. The van der Waals surface area contributed by atoms with Crippen molar-refractivity contribution >= 4 is 34.4 Å². The molecule has 0 bridgehead atoms. The summed E-state index contributed by atoms with van der Waals surface area (Å²) in [5.41, 5.74) is 0.764. The molecule has 1 atom stereocenters. The summed E-state index contributed by atoms with van der Waals surface area (Å²) in [4.78, 5) is 24.2. The van der Waals surface area contributed by atoms with E-state index < -0.39 is 22.7 Å². The third kappa shape index (κ3) is 2.81. The van der Waals surface area contributed by atoms with E-state index in [0.29, 0.717) is 16.2 Å². The Kier molecular flexibility index (Phi) is 4.18. The van der Waals surface area contributed by atoms with Gasteiger partial charge in [0.25, 0.3) is 5.91 Å². The number of anilines is 1. The Labute approximate surface area is 140 Å². The molecule has 0 aliphatic carbocycles. The lowest BCUT2D eigenvalue weighted by molar-refractivity contribution is -0.112. The predicted octanol–water partition coefficient (Wildman–Crippen LogP) is 2.49. The van der Waals surface area contributed by atoms with Crippen LogP contribution in [0.5, 0.6) is 5.75 Å². The topological polar surface area (TPSA) is 92.7 Å². The lowest BCUT2D eigenvalue weighted by Crippen LogP contribution is -2.17. The average Bonchev–Trinajstić information content (AvgIpc) is 2.91. The molecular weight excluding hydrogens is 330 g/mol. The highest BCUT2D eigenvalue weighted by molar-refractivity contribution is 7.90. The fraction of sp³-hybridized carbons (Fsp3) is 0.0588. The Hall–Kier alpha value is -2.93. The van der Waals surface area contributed by atoms with Gasteiger partial charge in [-0.15, -0.1) is 0 Å². The van der Waals surface area contributed by atoms with E-state index in [0.717, 1.165) is 0 Å². The van der Waals surface area contributed by atoms with E-state index >= 15 is 0 Å². The van der Waals surface area contributed by atoms with Gasteiger partial charge in [0.05, 0.1) is 34.1 Å². The number of carbonyl (C=O) groups excluding carboxylic acids is 1. The predicted molar refractivity (Wildman–Crippen MR) is 89.4 cm³/mol. The minimum atomic E-state index is -1.62. The minimum Gasteiger partial charge on any atom is -0.497 e. The number of para-hydroxylation sites is 1. The molecular formula is C17H13NO5S. The van der Waals surface area contributed by atoms with Gasteiger partial charge in [0.15, 0.2) is 0 Å². The van der Waals surface area contributed by atoms with E-state index in [1.165, 1.54) is 25.3 Å². The summed E-state index contributed by atoms with van der Waals surface area (Å²) in [6.07, 6.45) is 1.52. The van der Waals surface area contributed by atoms with Gasteiger partial charge in [-0.1, -0.05) is 12.1 Å². The summed E-state index contributed by atoms with van der Waals surface area (Å²) in [5, 5.41) is 11.7. The highest BCUT2D eigenvalue weighted by atomic mass is 32.2. The van der Waals surface area contributed by atoms with Crippen molar-refractivity contribution in [2.24, 2.45) is 0 Å². The summed E-state index contributed by atoms with van der Waals surface area (Å²) >= 11 is 0. The molecule has 0 radical (unpaired) electrons. The van der Waals surface area contributed by atoms with Gasteiger partial charge < -0.3 is 15.2 Å². The van der Waals surface area contributed by atoms with Crippen molar-refractivity contribution in [2.45, 2.75) is 4.90 Å². The molecule has 0 saturated heterocycles. The second kappa shape index (κ2) is 6.29. The number of carboxylic acids is 1. The number of fused-ring (bicyclic) bond motifs is 1. The molecule has 7 heteroatoms. The smallest absolute Gasteiger partial charge is 0.337 e. The molecule has 0 saturated carbocycles. The van der Waals surface area contributed by atoms with Crippen LogP contribution < -0.4 is 10.1 Å². The highest BCUT2D eigenvalue weighted by Crippen LogP contribution is 2.33. The van der Waals surface area contributed by atoms with Crippen LogP contribution in [0.3, 0.4) is 0 Å². The minimum absolute atomic E-state index is 0.0330. The van der Waals surface area contributed by atoms with Crippen molar-refractivity contribution in [1.29, 1.82) is 0 Å². The van der Waals surface area contributed by atoms with E-state index in [9.17, 15) is 13.8 Å². The first-order chi connectivity index (χ1) is 11.5. The summed E-state index contributed by atoms with van der Waals surface area (Å²) in [6, 6.07) is 11.1. The Morgan fingerprint density at radius 3 is 2.62 bits per heavy atom. The molecule has 0 spiro atoms. The first-order valence-corrected chi connectivity index (χ1v) is 8.11. The molecule has 3 rings (SSSR count). The molecule has 2 N–H and O–H groups in total. The second-order valence-corrected chi connectivity index (χ2v) is 6.40. The van der Waals surface area contributed by atoms with Gasteiger partial charge in [0.1, 0.15) is 10.7 Å². The van der Waals surface area contributed by atoms with Gasteiger partial charge in [-0.25, -0.2) is 9.00 Å². The molecule has 1 heterocycles. The molecule has 0 fully saturated rings. The number of benzene rings is 2. The Bertz CT molecular complexity index is 904. The lowest BCUT2D eigenvalue weighted by Gasteiger charge is -2.08. The van der Waals surface area contributed by atoms with Crippen LogP contribution in [0.1, 0.15) is 15.9 Å². The number of carboxylic acid groups (broad SMARTS) is 1. The van der Waals surface area contributed by atoms with E-state index in [1.807, 2.05) is 0 Å². The Morgan fingerprint density at radius 1 is 1.17 bits per heavy atom. The number of ether oxygens (including phenoxy) is 1. The van der Waals surface area contributed by atoms with Gasteiger partial charge in [0.2, 0.25) is 0 Å². The SMILES string of the molecule is COc1ccc2c(c1)C=C(C(=O)Nc1ccccc1C(=O)O)S2=O. The van der Waals surface area contributed by atoms with Crippen molar-refractivity contribution in [2.75, 3.05) is 12.4 Å². The van der Waals surface area contributed by atoms with Crippen LogP contribution in [0.2, 0.25) is 0 Å². The van der Waals surface area contributed by atoms with Gasteiger partial charge in [0, 0.05) is 0 Å². The van der Waals surface area contributed by atoms with Crippen LogP contribution in [0.25, 0.3) is 6.08 Å². The highest BCUT2D eigenvalue weighted by Gasteiger charge is 2.27. The van der Waals surface area contributed by atoms with Crippen molar-refractivity contribution in [3.8, 4) is 5.75 Å². The van der Waals surface area contributed by atoms with Crippen LogP contribution in [0, 0.1) is 0 Å². The number of nitrogens with one attached hydrogen (secondary N) is 1. The molecule has 6 nitrogen and oxygen atoms in total. The number of methoxy groups -OCH3 is 1. The largest absolute Gasteiger partial charge is 0.497 e.